The van der Waals surface area contributed by atoms with Gasteiger partial charge in [-0.3, -0.25) is 9.59 Å². The summed E-state index contributed by atoms with van der Waals surface area (Å²) in [7, 11) is 1.34. The summed E-state index contributed by atoms with van der Waals surface area (Å²) in [5.41, 5.74) is 6.32. The van der Waals surface area contributed by atoms with Gasteiger partial charge in [-0.05, 0) is 25.3 Å². The molecule has 1 aromatic rings. The first-order chi connectivity index (χ1) is 10.0. The average Bonchev–Trinajstić information content (AvgIpc) is 2.49. The van der Waals surface area contributed by atoms with Crippen molar-refractivity contribution in [1.29, 1.82) is 0 Å². The maximum Gasteiger partial charge on any atom is 0.307 e. The molecule has 1 aromatic heterocycles. The molecule has 7 heteroatoms. The number of rotatable bonds is 3. The number of nitrogens with two attached hydrogens (primary N) is 1. The Morgan fingerprint density at radius 1 is 1.52 bits per heavy atom. The van der Waals surface area contributed by atoms with E-state index in [2.05, 4.69) is 4.98 Å². The number of nitrogen functional groups attached to an aromatic ring is 1. The molecule has 0 radical (unpaired) electrons. The van der Waals surface area contributed by atoms with Crippen molar-refractivity contribution in [3.05, 3.63) is 23.0 Å². The lowest BCUT2D eigenvalue weighted by atomic mass is 9.98. The number of carbonyl (C=O) groups is 2. The lowest BCUT2D eigenvalue weighted by Gasteiger charge is -2.35. The molecule has 1 unspecified atom stereocenters. The van der Waals surface area contributed by atoms with Crippen molar-refractivity contribution in [2.24, 2.45) is 0 Å². The minimum absolute atomic E-state index is 0.122. The molecule has 114 valence electrons. The number of ether oxygens (including phenoxy) is 1. The Morgan fingerprint density at radius 2 is 2.29 bits per heavy atom. The molecule has 0 spiro atoms. The molecule has 0 aromatic carbocycles. The molecule has 0 aliphatic carbocycles. The summed E-state index contributed by atoms with van der Waals surface area (Å²) in [6.07, 6.45) is 4.25. The highest BCUT2D eigenvalue weighted by molar-refractivity contribution is 6.32. The predicted octanol–water partition coefficient (Wildman–Crippen LogP) is 1.87. The average molecular weight is 312 g/mol. The summed E-state index contributed by atoms with van der Waals surface area (Å²) in [4.78, 5) is 29.7. The van der Waals surface area contributed by atoms with Crippen LogP contribution in [0.5, 0.6) is 0 Å². The largest absolute Gasteiger partial charge is 0.469 e. The Bertz CT molecular complexity index is 550. The van der Waals surface area contributed by atoms with Crippen LogP contribution < -0.4 is 5.73 Å². The van der Waals surface area contributed by atoms with Gasteiger partial charge in [0.25, 0.3) is 5.91 Å². The van der Waals surface area contributed by atoms with Crippen LogP contribution in [0.25, 0.3) is 0 Å². The van der Waals surface area contributed by atoms with E-state index < -0.39 is 0 Å². The van der Waals surface area contributed by atoms with E-state index in [1.807, 2.05) is 0 Å². The van der Waals surface area contributed by atoms with Crippen LogP contribution in [0.4, 0.5) is 5.69 Å². The minimum Gasteiger partial charge on any atom is -0.469 e. The molecule has 2 N–H and O–H groups in total. The summed E-state index contributed by atoms with van der Waals surface area (Å²) in [6, 6.07) is 1.35. The number of hydrogen-bond donors (Lipinski definition) is 1. The minimum atomic E-state index is -0.323. The zero-order valence-electron chi connectivity index (χ0n) is 11.8. The molecule has 2 heterocycles. The van der Waals surface area contributed by atoms with Gasteiger partial charge in [-0.25, -0.2) is 4.98 Å². The van der Waals surface area contributed by atoms with Crippen molar-refractivity contribution in [2.45, 2.75) is 31.7 Å². The van der Waals surface area contributed by atoms with Crippen molar-refractivity contribution < 1.29 is 14.3 Å². The number of nitrogens with zero attached hydrogens (tertiary/aromatic N) is 2. The SMILES string of the molecule is COC(=O)CC1CCCCN1C(=O)c1cc(N)cnc1Cl. The fourth-order valence-corrected chi connectivity index (χ4v) is 2.71. The third kappa shape index (κ3) is 3.64. The van der Waals surface area contributed by atoms with Crippen LogP contribution in [0.1, 0.15) is 36.0 Å². The third-order valence-corrected chi connectivity index (χ3v) is 3.91. The zero-order valence-corrected chi connectivity index (χ0v) is 12.6. The van der Waals surface area contributed by atoms with E-state index in [1.165, 1.54) is 19.4 Å². The van der Waals surface area contributed by atoms with Crippen molar-refractivity contribution in [3.63, 3.8) is 0 Å². The van der Waals surface area contributed by atoms with Crippen LogP contribution in [0.2, 0.25) is 5.15 Å². The Labute approximate surface area is 128 Å². The molecule has 1 atom stereocenters. The Kier molecular flexibility index (Phi) is 5.01. The van der Waals surface area contributed by atoms with Crippen molar-refractivity contribution >= 4 is 29.2 Å². The van der Waals surface area contributed by atoms with Gasteiger partial charge in [0, 0.05) is 12.6 Å². The monoisotopic (exact) mass is 311 g/mol. The van der Waals surface area contributed by atoms with E-state index >= 15 is 0 Å². The molecular weight excluding hydrogens is 294 g/mol. The second kappa shape index (κ2) is 6.76. The van der Waals surface area contributed by atoms with E-state index in [0.717, 1.165) is 19.3 Å². The summed E-state index contributed by atoms with van der Waals surface area (Å²) in [5, 5.41) is 0.122. The van der Waals surface area contributed by atoms with E-state index in [9.17, 15) is 9.59 Å². The van der Waals surface area contributed by atoms with Crippen LogP contribution in [0.3, 0.4) is 0 Å². The fraction of sp³-hybridized carbons (Fsp3) is 0.500. The second-order valence-electron chi connectivity index (χ2n) is 5.04. The number of methoxy groups -OCH3 is 1. The standard InChI is InChI=1S/C14H18ClN3O3/c1-21-12(19)7-10-4-2-3-5-18(10)14(20)11-6-9(16)8-17-13(11)15/h6,8,10H,2-5,7,16H2,1H3. The first kappa shape index (κ1) is 15.6. The molecule has 0 bridgehead atoms. The third-order valence-electron chi connectivity index (χ3n) is 3.61. The number of carbonyl (C=O) groups excluding carboxylic acids is 2. The Balaban J connectivity index is 2.22. The van der Waals surface area contributed by atoms with Gasteiger partial charge < -0.3 is 15.4 Å². The highest BCUT2D eigenvalue weighted by Gasteiger charge is 2.30. The van der Waals surface area contributed by atoms with Crippen LogP contribution >= 0.6 is 11.6 Å². The summed E-state index contributed by atoms with van der Waals surface area (Å²) < 4.78 is 4.69. The van der Waals surface area contributed by atoms with E-state index in [4.69, 9.17) is 22.1 Å². The number of esters is 1. The molecule has 1 saturated heterocycles. The maximum absolute atomic E-state index is 12.6. The van der Waals surface area contributed by atoms with Gasteiger partial charge >= 0.3 is 5.97 Å². The highest BCUT2D eigenvalue weighted by atomic mass is 35.5. The van der Waals surface area contributed by atoms with Crippen molar-refractivity contribution in [2.75, 3.05) is 19.4 Å². The topological polar surface area (TPSA) is 85.5 Å². The van der Waals surface area contributed by atoms with Gasteiger partial charge in [0.1, 0.15) is 5.15 Å². The van der Waals surface area contributed by atoms with Gasteiger partial charge in [0.2, 0.25) is 0 Å². The molecule has 1 aliphatic heterocycles. The predicted molar refractivity (Wildman–Crippen MR) is 79.0 cm³/mol. The Morgan fingerprint density at radius 3 is 3.00 bits per heavy atom. The van der Waals surface area contributed by atoms with Crippen LogP contribution in [-0.4, -0.2) is 41.5 Å². The fourth-order valence-electron chi connectivity index (χ4n) is 2.52. The van der Waals surface area contributed by atoms with Gasteiger partial charge in [-0.2, -0.15) is 0 Å². The molecule has 1 amide bonds. The number of aromatic nitrogens is 1. The molecule has 1 aliphatic rings. The number of amides is 1. The first-order valence-corrected chi connectivity index (χ1v) is 7.19. The molecule has 0 saturated carbocycles. The van der Waals surface area contributed by atoms with Crippen molar-refractivity contribution in [3.8, 4) is 0 Å². The number of pyridine rings is 1. The highest BCUT2D eigenvalue weighted by Crippen LogP contribution is 2.25. The zero-order chi connectivity index (χ0) is 15.4. The smallest absolute Gasteiger partial charge is 0.307 e. The number of anilines is 1. The van der Waals surface area contributed by atoms with Gasteiger partial charge in [0.15, 0.2) is 0 Å². The quantitative estimate of drug-likeness (QED) is 0.680. The molecule has 1 fully saturated rings. The van der Waals surface area contributed by atoms with Gasteiger partial charge in [-0.1, -0.05) is 11.6 Å². The van der Waals surface area contributed by atoms with Crippen LogP contribution in [0, 0.1) is 0 Å². The van der Waals surface area contributed by atoms with Gasteiger partial charge in [0.05, 0.1) is 31.0 Å². The molecule has 21 heavy (non-hydrogen) atoms. The number of likely N-dealkylation sites (tertiary alicyclic amines) is 1. The summed E-state index contributed by atoms with van der Waals surface area (Å²) in [6.45, 7) is 0.589. The lowest BCUT2D eigenvalue weighted by molar-refractivity contribution is -0.142. The summed E-state index contributed by atoms with van der Waals surface area (Å²) >= 11 is 5.99. The van der Waals surface area contributed by atoms with Gasteiger partial charge in [-0.15, -0.1) is 0 Å². The van der Waals surface area contributed by atoms with Crippen molar-refractivity contribution in [1.82, 2.24) is 9.88 Å². The second-order valence-corrected chi connectivity index (χ2v) is 5.39. The lowest BCUT2D eigenvalue weighted by Crippen LogP contribution is -2.45. The van der Waals surface area contributed by atoms with E-state index in [-0.39, 0.29) is 35.1 Å². The Hall–Kier alpha value is -1.82. The summed E-state index contributed by atoms with van der Waals surface area (Å²) in [5.74, 6) is -0.565. The molecule has 2 rings (SSSR count). The number of halogens is 1. The van der Waals surface area contributed by atoms with E-state index in [1.54, 1.807) is 4.90 Å². The molecule has 6 nitrogen and oxygen atoms in total. The molecular formula is C14H18ClN3O3. The number of piperidine rings is 1. The maximum atomic E-state index is 12.6. The van der Waals surface area contributed by atoms with Crippen LogP contribution in [-0.2, 0) is 9.53 Å². The number of hydrogen-bond acceptors (Lipinski definition) is 5. The van der Waals surface area contributed by atoms with E-state index in [0.29, 0.717) is 12.2 Å². The first-order valence-electron chi connectivity index (χ1n) is 6.81. The normalized spacial score (nSPS) is 18.4. The van der Waals surface area contributed by atoms with Crippen LogP contribution in [0.15, 0.2) is 12.3 Å².